The Labute approximate surface area is 132 Å². The number of hydrogen-bond acceptors (Lipinski definition) is 3. The molecule has 20 heavy (non-hydrogen) atoms. The molecule has 0 aliphatic rings. The van der Waals surface area contributed by atoms with Gasteiger partial charge in [-0.15, -0.1) is 0 Å². The highest BCUT2D eigenvalue weighted by Crippen LogP contribution is 2.27. The maximum absolute atomic E-state index is 6.30. The third-order valence-corrected chi connectivity index (χ3v) is 3.65. The van der Waals surface area contributed by atoms with Crippen molar-refractivity contribution in [3.8, 4) is 0 Å². The summed E-state index contributed by atoms with van der Waals surface area (Å²) < 4.78 is 0.884. The van der Waals surface area contributed by atoms with Gasteiger partial charge in [0.25, 0.3) is 0 Å². The van der Waals surface area contributed by atoms with Gasteiger partial charge in [-0.3, -0.25) is 0 Å². The summed E-state index contributed by atoms with van der Waals surface area (Å²) in [6.07, 6.45) is 2.80. The van der Waals surface area contributed by atoms with E-state index in [0.29, 0.717) is 5.02 Å². The second-order valence-electron chi connectivity index (χ2n) is 4.62. The van der Waals surface area contributed by atoms with Crippen LogP contribution in [0.2, 0.25) is 5.02 Å². The van der Waals surface area contributed by atoms with Crippen molar-refractivity contribution in [2.24, 2.45) is 0 Å². The van der Waals surface area contributed by atoms with Crippen LogP contribution >= 0.6 is 27.5 Å². The molecule has 2 N–H and O–H groups in total. The van der Waals surface area contributed by atoms with Crippen LogP contribution in [-0.2, 0) is 6.54 Å². The maximum Gasteiger partial charge on any atom is 0.147 e. The van der Waals surface area contributed by atoms with E-state index in [2.05, 4.69) is 32.7 Å². The molecule has 3 nitrogen and oxygen atoms in total. The van der Waals surface area contributed by atoms with Crippen LogP contribution in [0, 0.1) is 0 Å². The van der Waals surface area contributed by atoms with Crippen LogP contribution in [0.25, 0.3) is 0 Å². The topological polar surface area (TPSA) is 42.1 Å². The van der Waals surface area contributed by atoms with Gasteiger partial charge in [-0.25, -0.2) is 4.98 Å². The van der Waals surface area contributed by atoms with Crippen LogP contribution in [0.4, 0.5) is 11.5 Å². The van der Waals surface area contributed by atoms with Gasteiger partial charge in [0, 0.05) is 29.4 Å². The molecule has 2 rings (SSSR count). The fourth-order valence-electron chi connectivity index (χ4n) is 2.01. The van der Waals surface area contributed by atoms with Gasteiger partial charge in [-0.2, -0.15) is 0 Å². The summed E-state index contributed by atoms with van der Waals surface area (Å²) in [7, 11) is 0. The number of rotatable bonds is 5. The molecule has 0 saturated carbocycles. The summed E-state index contributed by atoms with van der Waals surface area (Å²) in [5.74, 6) is 0.813. The SMILES string of the molecule is CCCN(Cc1ccc(N)cc1)c1ncc(Br)cc1Cl. The second kappa shape index (κ2) is 6.95. The van der Waals surface area contributed by atoms with Crippen molar-refractivity contribution in [2.45, 2.75) is 19.9 Å². The molecule has 5 heteroatoms. The normalized spacial score (nSPS) is 10.6. The Morgan fingerprint density at radius 2 is 2.00 bits per heavy atom. The van der Waals surface area contributed by atoms with Crippen LogP contribution in [0.5, 0.6) is 0 Å². The molecule has 2 aromatic rings. The van der Waals surface area contributed by atoms with Gasteiger partial charge in [0.2, 0.25) is 0 Å². The van der Waals surface area contributed by atoms with Crippen molar-refractivity contribution in [3.63, 3.8) is 0 Å². The molecule has 106 valence electrons. The number of pyridine rings is 1. The number of nitrogens with zero attached hydrogens (tertiary/aromatic N) is 2. The molecule has 0 atom stereocenters. The maximum atomic E-state index is 6.30. The lowest BCUT2D eigenvalue weighted by molar-refractivity contribution is 0.755. The molecule has 0 amide bonds. The van der Waals surface area contributed by atoms with Crippen LogP contribution in [0.3, 0.4) is 0 Å². The number of anilines is 2. The predicted molar refractivity (Wildman–Crippen MR) is 89.1 cm³/mol. The lowest BCUT2D eigenvalue weighted by atomic mass is 10.2. The van der Waals surface area contributed by atoms with Gasteiger partial charge < -0.3 is 10.6 Å². The summed E-state index contributed by atoms with van der Waals surface area (Å²) in [5, 5.41) is 0.656. The van der Waals surface area contributed by atoms with E-state index >= 15 is 0 Å². The lowest BCUT2D eigenvalue weighted by Crippen LogP contribution is -2.24. The summed E-state index contributed by atoms with van der Waals surface area (Å²) in [6, 6.07) is 9.76. The summed E-state index contributed by atoms with van der Waals surface area (Å²) >= 11 is 9.68. The Balaban J connectivity index is 2.24. The molecule has 1 heterocycles. The highest BCUT2D eigenvalue weighted by atomic mass is 79.9. The zero-order valence-corrected chi connectivity index (χ0v) is 13.7. The number of nitrogens with two attached hydrogens (primary N) is 1. The van der Waals surface area contributed by atoms with E-state index in [0.717, 1.165) is 35.5 Å². The quantitative estimate of drug-likeness (QED) is 0.804. The molecular weight excluding hydrogens is 338 g/mol. The Morgan fingerprint density at radius 1 is 1.30 bits per heavy atom. The van der Waals surface area contributed by atoms with Crippen molar-refractivity contribution in [1.29, 1.82) is 0 Å². The minimum Gasteiger partial charge on any atom is -0.399 e. The summed E-state index contributed by atoms with van der Waals surface area (Å²) in [6.45, 7) is 3.81. The molecule has 0 saturated heterocycles. The number of hydrogen-bond donors (Lipinski definition) is 1. The average molecular weight is 355 g/mol. The van der Waals surface area contributed by atoms with E-state index in [1.165, 1.54) is 5.56 Å². The fourth-order valence-corrected chi connectivity index (χ4v) is 2.76. The van der Waals surface area contributed by atoms with Crippen LogP contribution < -0.4 is 10.6 Å². The molecule has 0 bridgehead atoms. The van der Waals surface area contributed by atoms with Gasteiger partial charge in [-0.1, -0.05) is 30.7 Å². The Bertz CT molecular complexity index is 572. The van der Waals surface area contributed by atoms with Gasteiger partial charge in [-0.05, 0) is 46.1 Å². The van der Waals surface area contributed by atoms with Crippen LogP contribution in [0.1, 0.15) is 18.9 Å². The van der Waals surface area contributed by atoms with E-state index in [1.54, 1.807) is 6.20 Å². The molecule has 1 aromatic carbocycles. The first-order valence-corrected chi connectivity index (χ1v) is 7.67. The Hall–Kier alpha value is -1.26. The van der Waals surface area contributed by atoms with Gasteiger partial charge in [0.05, 0.1) is 5.02 Å². The van der Waals surface area contributed by atoms with Crippen molar-refractivity contribution in [1.82, 2.24) is 4.98 Å². The Morgan fingerprint density at radius 3 is 2.60 bits per heavy atom. The fraction of sp³-hybridized carbons (Fsp3) is 0.267. The van der Waals surface area contributed by atoms with E-state index < -0.39 is 0 Å². The van der Waals surface area contributed by atoms with Crippen molar-refractivity contribution >= 4 is 39.0 Å². The predicted octanol–water partition coefficient (Wildman–Crippen LogP) is 4.50. The third kappa shape index (κ3) is 3.87. The minimum atomic E-state index is 0.656. The molecule has 0 aliphatic carbocycles. The van der Waals surface area contributed by atoms with Crippen molar-refractivity contribution in [2.75, 3.05) is 17.2 Å². The van der Waals surface area contributed by atoms with Gasteiger partial charge in [0.15, 0.2) is 0 Å². The number of nitrogen functional groups attached to an aromatic ring is 1. The highest BCUT2D eigenvalue weighted by Gasteiger charge is 2.12. The monoisotopic (exact) mass is 353 g/mol. The Kier molecular flexibility index (Phi) is 5.26. The second-order valence-corrected chi connectivity index (χ2v) is 5.94. The van der Waals surface area contributed by atoms with Crippen LogP contribution in [-0.4, -0.2) is 11.5 Å². The first kappa shape index (κ1) is 15.1. The highest BCUT2D eigenvalue weighted by molar-refractivity contribution is 9.10. The van der Waals surface area contributed by atoms with E-state index in [4.69, 9.17) is 17.3 Å². The standard InChI is InChI=1S/C15H17BrClN3/c1-2-7-20(10-11-3-5-13(18)6-4-11)15-14(17)8-12(16)9-19-15/h3-6,8-9H,2,7,10,18H2,1H3. The smallest absolute Gasteiger partial charge is 0.147 e. The molecule has 0 radical (unpaired) electrons. The van der Waals surface area contributed by atoms with Crippen molar-refractivity contribution in [3.05, 3.63) is 51.6 Å². The first-order valence-electron chi connectivity index (χ1n) is 6.50. The van der Waals surface area contributed by atoms with E-state index in [1.807, 2.05) is 30.3 Å². The summed E-state index contributed by atoms with van der Waals surface area (Å²) in [5.41, 5.74) is 7.68. The molecule has 0 aliphatic heterocycles. The first-order chi connectivity index (χ1) is 9.60. The van der Waals surface area contributed by atoms with Gasteiger partial charge >= 0.3 is 0 Å². The van der Waals surface area contributed by atoms with E-state index in [-0.39, 0.29) is 0 Å². The average Bonchev–Trinajstić information content (AvgIpc) is 2.41. The number of halogens is 2. The minimum absolute atomic E-state index is 0.656. The zero-order chi connectivity index (χ0) is 14.5. The van der Waals surface area contributed by atoms with Crippen molar-refractivity contribution < 1.29 is 0 Å². The number of benzene rings is 1. The molecule has 0 unspecified atom stereocenters. The van der Waals surface area contributed by atoms with E-state index in [9.17, 15) is 0 Å². The molecule has 1 aromatic heterocycles. The van der Waals surface area contributed by atoms with Gasteiger partial charge in [0.1, 0.15) is 5.82 Å². The lowest BCUT2D eigenvalue weighted by Gasteiger charge is -2.24. The summed E-state index contributed by atoms with van der Waals surface area (Å²) in [4.78, 5) is 6.61. The molecule has 0 fully saturated rings. The molecular formula is C15H17BrClN3. The number of aromatic nitrogens is 1. The molecule has 0 spiro atoms. The zero-order valence-electron chi connectivity index (χ0n) is 11.3. The third-order valence-electron chi connectivity index (χ3n) is 2.93. The largest absolute Gasteiger partial charge is 0.399 e. The van der Waals surface area contributed by atoms with Crippen LogP contribution in [0.15, 0.2) is 41.0 Å².